The van der Waals surface area contributed by atoms with Gasteiger partial charge in [0.15, 0.2) is 0 Å². The number of nitrogens with one attached hydrogen (secondary N) is 2. The Morgan fingerprint density at radius 1 is 1.00 bits per heavy atom. The van der Waals surface area contributed by atoms with Crippen molar-refractivity contribution in [2.75, 3.05) is 10.6 Å². The smallest absolute Gasteiger partial charge is 0.253 e. The third-order valence-corrected chi connectivity index (χ3v) is 3.90. The Morgan fingerprint density at radius 2 is 1.64 bits per heavy atom. The van der Waals surface area contributed by atoms with Crippen molar-refractivity contribution in [2.45, 2.75) is 52.5 Å². The highest BCUT2D eigenvalue weighted by Crippen LogP contribution is 2.26. The minimum atomic E-state index is -0.424. The van der Waals surface area contributed by atoms with Crippen LogP contribution in [0.25, 0.3) is 0 Å². The van der Waals surface area contributed by atoms with Crippen molar-refractivity contribution in [2.24, 2.45) is 0 Å². The molecule has 0 spiro atoms. The fraction of sp³-hybridized carbons (Fsp3) is 0.444. The summed E-state index contributed by atoms with van der Waals surface area (Å²) in [5, 5.41) is 6.30. The van der Waals surface area contributed by atoms with Crippen LogP contribution in [0.1, 0.15) is 45.1 Å². The van der Waals surface area contributed by atoms with Gasteiger partial charge >= 0.3 is 0 Å². The van der Waals surface area contributed by atoms with E-state index in [-0.39, 0.29) is 0 Å². The molecule has 1 saturated carbocycles. The van der Waals surface area contributed by atoms with Crippen molar-refractivity contribution >= 4 is 17.1 Å². The number of benzene rings is 1. The van der Waals surface area contributed by atoms with Gasteiger partial charge in [0, 0.05) is 11.7 Å². The molecule has 0 atom stereocenters. The number of hydrogen-bond acceptors (Lipinski definition) is 4. The first-order chi connectivity index (χ1) is 10.6. The molecule has 0 heterocycles. The zero-order valence-electron chi connectivity index (χ0n) is 13.5. The number of aryl methyl sites for hydroxylation is 1. The molecule has 0 aliphatic heterocycles. The third kappa shape index (κ3) is 3.38. The van der Waals surface area contributed by atoms with Gasteiger partial charge < -0.3 is 10.6 Å². The molecule has 1 fully saturated rings. The molecule has 1 aliphatic rings. The maximum atomic E-state index is 11.7. The van der Waals surface area contributed by atoms with Crippen molar-refractivity contribution in [3.05, 3.63) is 50.3 Å². The monoisotopic (exact) mass is 300 g/mol. The van der Waals surface area contributed by atoms with E-state index in [4.69, 9.17) is 0 Å². The van der Waals surface area contributed by atoms with Gasteiger partial charge in [-0.3, -0.25) is 9.59 Å². The minimum Gasteiger partial charge on any atom is -0.377 e. The average molecular weight is 300 g/mol. The second kappa shape index (κ2) is 7.25. The van der Waals surface area contributed by atoms with E-state index in [1.807, 2.05) is 45.0 Å². The van der Waals surface area contributed by atoms with E-state index in [0.717, 1.165) is 24.1 Å². The lowest BCUT2D eigenvalue weighted by Crippen LogP contribution is -2.38. The van der Waals surface area contributed by atoms with Crippen LogP contribution in [0.2, 0.25) is 0 Å². The summed E-state index contributed by atoms with van der Waals surface area (Å²) in [5.41, 5.74) is 2.00. The van der Waals surface area contributed by atoms with Gasteiger partial charge in [0.05, 0.1) is 0 Å². The van der Waals surface area contributed by atoms with Crippen LogP contribution < -0.4 is 21.5 Å². The normalized spacial score (nSPS) is 14.5. The van der Waals surface area contributed by atoms with Gasteiger partial charge in [-0.2, -0.15) is 0 Å². The van der Waals surface area contributed by atoms with Crippen molar-refractivity contribution in [3.8, 4) is 0 Å². The standard InChI is InChI=1S/C16H18N2O2.C2H6/c1-10-5-4-8-12(9-10)18-14-13(15(19)16(14)20)17-11-6-2-3-7-11;1-2/h4-5,8-9,11,17-18H,2-3,6-7H2,1H3;1-2H3. The van der Waals surface area contributed by atoms with Gasteiger partial charge in [-0.05, 0) is 37.5 Å². The molecule has 118 valence electrons. The molecule has 3 rings (SSSR count). The summed E-state index contributed by atoms with van der Waals surface area (Å²) in [4.78, 5) is 23.4. The van der Waals surface area contributed by atoms with Gasteiger partial charge in [0.1, 0.15) is 11.4 Å². The molecule has 22 heavy (non-hydrogen) atoms. The predicted octanol–water partition coefficient (Wildman–Crippen LogP) is 3.72. The Bertz CT molecular complexity index is 693. The Kier molecular flexibility index (Phi) is 5.36. The summed E-state index contributed by atoms with van der Waals surface area (Å²) in [6.07, 6.45) is 4.52. The first-order valence-corrected chi connectivity index (χ1v) is 8.08. The zero-order valence-corrected chi connectivity index (χ0v) is 13.5. The first-order valence-electron chi connectivity index (χ1n) is 8.08. The quantitative estimate of drug-likeness (QED) is 0.845. The first kappa shape index (κ1) is 16.3. The lowest BCUT2D eigenvalue weighted by Gasteiger charge is -2.18. The SMILES string of the molecule is CC.Cc1cccc(Nc2c(NC3CCCC3)c(=O)c2=O)c1. The maximum Gasteiger partial charge on any atom is 0.253 e. The fourth-order valence-electron chi connectivity index (χ4n) is 2.79. The molecular weight excluding hydrogens is 276 g/mol. The second-order valence-electron chi connectivity index (χ2n) is 5.53. The molecule has 2 N–H and O–H groups in total. The van der Waals surface area contributed by atoms with E-state index in [1.54, 1.807) is 0 Å². The fourth-order valence-corrected chi connectivity index (χ4v) is 2.79. The van der Waals surface area contributed by atoms with Gasteiger partial charge in [0.25, 0.3) is 10.9 Å². The van der Waals surface area contributed by atoms with E-state index < -0.39 is 10.9 Å². The highest BCUT2D eigenvalue weighted by molar-refractivity contribution is 5.79. The lowest BCUT2D eigenvalue weighted by atomic mass is 10.1. The second-order valence-corrected chi connectivity index (χ2v) is 5.53. The minimum absolute atomic E-state index is 0.330. The van der Waals surface area contributed by atoms with E-state index >= 15 is 0 Å². The van der Waals surface area contributed by atoms with Crippen molar-refractivity contribution < 1.29 is 0 Å². The number of anilines is 3. The van der Waals surface area contributed by atoms with Crippen LogP contribution in [0.5, 0.6) is 0 Å². The molecule has 0 aromatic heterocycles. The van der Waals surface area contributed by atoms with E-state index in [9.17, 15) is 9.59 Å². The molecular formula is C18H24N2O2. The van der Waals surface area contributed by atoms with Crippen LogP contribution >= 0.6 is 0 Å². The van der Waals surface area contributed by atoms with E-state index in [0.29, 0.717) is 17.4 Å². The van der Waals surface area contributed by atoms with Gasteiger partial charge in [-0.15, -0.1) is 0 Å². The molecule has 0 bridgehead atoms. The third-order valence-electron chi connectivity index (χ3n) is 3.90. The van der Waals surface area contributed by atoms with Crippen LogP contribution in [0.15, 0.2) is 33.9 Å². The topological polar surface area (TPSA) is 58.2 Å². The Balaban J connectivity index is 0.000000847. The van der Waals surface area contributed by atoms with Gasteiger partial charge in [-0.25, -0.2) is 0 Å². The Morgan fingerprint density at radius 3 is 2.27 bits per heavy atom. The van der Waals surface area contributed by atoms with Crippen LogP contribution in [0.3, 0.4) is 0 Å². The molecule has 0 saturated heterocycles. The summed E-state index contributed by atoms with van der Waals surface area (Å²) in [6.45, 7) is 5.99. The summed E-state index contributed by atoms with van der Waals surface area (Å²) < 4.78 is 0. The molecule has 4 heteroatoms. The summed E-state index contributed by atoms with van der Waals surface area (Å²) in [6, 6.07) is 8.09. The van der Waals surface area contributed by atoms with E-state index in [1.165, 1.54) is 12.8 Å². The number of hydrogen-bond donors (Lipinski definition) is 2. The molecule has 0 amide bonds. The van der Waals surface area contributed by atoms with Crippen LogP contribution in [-0.2, 0) is 0 Å². The highest BCUT2D eigenvalue weighted by Gasteiger charge is 2.24. The van der Waals surface area contributed by atoms with Gasteiger partial charge in [0.2, 0.25) is 0 Å². The molecule has 2 aromatic carbocycles. The largest absolute Gasteiger partial charge is 0.377 e. The Hall–Kier alpha value is -2.10. The molecule has 4 nitrogen and oxygen atoms in total. The summed E-state index contributed by atoms with van der Waals surface area (Å²) in [7, 11) is 0. The van der Waals surface area contributed by atoms with Crippen molar-refractivity contribution in [3.63, 3.8) is 0 Å². The Labute approximate surface area is 131 Å². The summed E-state index contributed by atoms with van der Waals surface area (Å²) in [5.74, 6) is 0. The average Bonchev–Trinajstić information content (AvgIpc) is 3.05. The maximum absolute atomic E-state index is 11.7. The molecule has 0 unspecified atom stereocenters. The summed E-state index contributed by atoms with van der Waals surface area (Å²) >= 11 is 0. The van der Waals surface area contributed by atoms with E-state index in [2.05, 4.69) is 10.6 Å². The van der Waals surface area contributed by atoms with Gasteiger partial charge in [-0.1, -0.05) is 38.8 Å². The molecule has 2 aromatic rings. The zero-order chi connectivity index (χ0) is 16.1. The molecule has 1 aliphatic carbocycles. The van der Waals surface area contributed by atoms with Crippen LogP contribution in [0, 0.1) is 6.92 Å². The molecule has 0 radical (unpaired) electrons. The van der Waals surface area contributed by atoms with Crippen molar-refractivity contribution in [1.82, 2.24) is 0 Å². The number of rotatable bonds is 4. The predicted molar refractivity (Wildman–Crippen MR) is 93.0 cm³/mol. The van der Waals surface area contributed by atoms with Crippen molar-refractivity contribution in [1.29, 1.82) is 0 Å². The lowest BCUT2D eigenvalue weighted by molar-refractivity contribution is 0.753. The van der Waals surface area contributed by atoms with Crippen LogP contribution in [-0.4, -0.2) is 6.04 Å². The highest BCUT2D eigenvalue weighted by atomic mass is 16.2. The van der Waals surface area contributed by atoms with Crippen LogP contribution in [0.4, 0.5) is 17.1 Å².